The van der Waals surface area contributed by atoms with Gasteiger partial charge in [-0.2, -0.15) is 0 Å². The molecule has 0 spiro atoms. The van der Waals surface area contributed by atoms with E-state index >= 15 is 0 Å². The van der Waals surface area contributed by atoms with Crippen LogP contribution < -0.4 is 4.74 Å². The number of para-hydroxylation sites is 1. The van der Waals surface area contributed by atoms with Crippen molar-refractivity contribution in [3.63, 3.8) is 0 Å². The fourth-order valence-corrected chi connectivity index (χ4v) is 4.63. The molecule has 0 saturated carbocycles. The summed E-state index contributed by atoms with van der Waals surface area (Å²) in [6, 6.07) is 7.39. The van der Waals surface area contributed by atoms with Crippen molar-refractivity contribution in [1.29, 1.82) is 0 Å². The monoisotopic (exact) mass is 468 g/mol. The van der Waals surface area contributed by atoms with Gasteiger partial charge in [-0.05, 0) is 25.0 Å². The molecule has 2 amide bonds. The van der Waals surface area contributed by atoms with Crippen LogP contribution in [0.1, 0.15) is 55.3 Å². The van der Waals surface area contributed by atoms with E-state index in [2.05, 4.69) is 4.98 Å². The van der Waals surface area contributed by atoms with Gasteiger partial charge in [0.1, 0.15) is 18.0 Å². The minimum atomic E-state index is -0.315. The molecule has 2 aromatic rings. The number of carbonyl (C=O) groups excluding carboxylic acids is 2. The summed E-state index contributed by atoms with van der Waals surface area (Å²) in [5, 5.41) is 0. The van der Waals surface area contributed by atoms with Crippen molar-refractivity contribution in [3.05, 3.63) is 48.5 Å². The van der Waals surface area contributed by atoms with Gasteiger partial charge in [-0.1, -0.05) is 37.8 Å². The van der Waals surface area contributed by atoms with Gasteiger partial charge < -0.3 is 23.8 Å². The van der Waals surface area contributed by atoms with E-state index < -0.39 is 0 Å². The summed E-state index contributed by atoms with van der Waals surface area (Å²) < 4.78 is 14.5. The molecule has 0 unspecified atom stereocenters. The van der Waals surface area contributed by atoms with Crippen LogP contribution in [-0.4, -0.2) is 76.7 Å². The number of aryl methyl sites for hydroxylation is 1. The SMILES string of the molecule is CN1CCCCCCCCO[C@@H]2CN(C(=O)CCn3ccnc3)C[C@H]2Oc2ccccc2C1=O. The third kappa shape index (κ3) is 6.38. The maximum atomic E-state index is 13.1. The van der Waals surface area contributed by atoms with Crippen molar-refractivity contribution < 1.29 is 19.1 Å². The lowest BCUT2D eigenvalue weighted by atomic mass is 10.1. The summed E-state index contributed by atoms with van der Waals surface area (Å²) in [5.41, 5.74) is 0.556. The lowest BCUT2D eigenvalue weighted by Crippen LogP contribution is -2.34. The zero-order valence-electron chi connectivity index (χ0n) is 20.1. The molecule has 34 heavy (non-hydrogen) atoms. The molecule has 2 atom stereocenters. The van der Waals surface area contributed by atoms with Crippen LogP contribution in [0.5, 0.6) is 5.75 Å². The van der Waals surface area contributed by atoms with E-state index in [-0.39, 0.29) is 24.0 Å². The van der Waals surface area contributed by atoms with Gasteiger partial charge in [0, 0.05) is 45.6 Å². The number of likely N-dealkylation sites (tertiary alicyclic amines) is 1. The average molecular weight is 469 g/mol. The number of fused-ring (bicyclic) bond motifs is 2. The van der Waals surface area contributed by atoms with E-state index in [4.69, 9.17) is 9.47 Å². The average Bonchev–Trinajstić information content (AvgIpc) is 3.51. The number of hydrogen-bond acceptors (Lipinski definition) is 5. The number of carbonyl (C=O) groups is 2. The lowest BCUT2D eigenvalue weighted by molar-refractivity contribution is -0.131. The zero-order chi connectivity index (χ0) is 23.8. The first kappa shape index (κ1) is 24.3. The van der Waals surface area contributed by atoms with Crippen LogP contribution in [0.15, 0.2) is 43.0 Å². The molecule has 1 aromatic carbocycles. The maximum absolute atomic E-state index is 13.1. The predicted molar refractivity (Wildman–Crippen MR) is 129 cm³/mol. The highest BCUT2D eigenvalue weighted by Gasteiger charge is 2.38. The molecule has 3 heterocycles. The van der Waals surface area contributed by atoms with E-state index in [1.54, 1.807) is 17.4 Å². The molecule has 184 valence electrons. The van der Waals surface area contributed by atoms with Gasteiger partial charge in [0.15, 0.2) is 0 Å². The number of benzene rings is 1. The third-order valence-corrected chi connectivity index (χ3v) is 6.67. The molecule has 1 aromatic heterocycles. The number of ether oxygens (including phenoxy) is 2. The Morgan fingerprint density at radius 1 is 1.06 bits per heavy atom. The standard InChI is InChI=1S/C26H36N4O4/c1-28-14-8-4-2-3-5-9-17-33-23-18-30(25(31)12-15-29-16-13-27-20-29)19-24(23)34-22-11-7-6-10-21(22)26(28)32/h6-7,10-11,13,16,20,23-24H,2-5,8-9,12,14-15,17-19H2,1H3/t23-,24-/m1/s1. The van der Waals surface area contributed by atoms with E-state index in [9.17, 15) is 9.59 Å². The number of nitrogens with zero attached hydrogens (tertiary/aromatic N) is 4. The lowest BCUT2D eigenvalue weighted by Gasteiger charge is -2.24. The van der Waals surface area contributed by atoms with Crippen LogP contribution in [-0.2, 0) is 16.1 Å². The Balaban J connectivity index is 1.48. The van der Waals surface area contributed by atoms with Gasteiger partial charge in [-0.15, -0.1) is 0 Å². The molecule has 1 fully saturated rings. The molecular weight excluding hydrogens is 432 g/mol. The van der Waals surface area contributed by atoms with E-state index in [1.165, 1.54) is 12.8 Å². The first-order valence-electron chi connectivity index (χ1n) is 12.5. The Morgan fingerprint density at radius 2 is 1.82 bits per heavy atom. The number of aromatic nitrogens is 2. The molecular formula is C26H36N4O4. The molecule has 0 radical (unpaired) electrons. The Labute approximate surface area is 201 Å². The quantitative estimate of drug-likeness (QED) is 0.690. The second kappa shape index (κ2) is 12.0. The highest BCUT2D eigenvalue weighted by Crippen LogP contribution is 2.26. The number of imidazole rings is 1. The molecule has 0 aliphatic carbocycles. The zero-order valence-corrected chi connectivity index (χ0v) is 20.1. The van der Waals surface area contributed by atoms with E-state index in [1.807, 2.05) is 47.0 Å². The summed E-state index contributed by atoms with van der Waals surface area (Å²) in [4.78, 5) is 33.7. The Bertz CT molecular complexity index is 933. The molecule has 1 saturated heterocycles. The fraction of sp³-hybridized carbons (Fsp3) is 0.577. The second-order valence-electron chi connectivity index (χ2n) is 9.26. The van der Waals surface area contributed by atoms with Crippen LogP contribution in [0.25, 0.3) is 0 Å². The van der Waals surface area contributed by atoms with Gasteiger partial charge in [0.25, 0.3) is 5.91 Å². The molecule has 2 aliphatic heterocycles. The molecule has 0 bridgehead atoms. The minimum Gasteiger partial charge on any atom is -0.485 e. The second-order valence-corrected chi connectivity index (χ2v) is 9.26. The molecule has 0 N–H and O–H groups in total. The highest BCUT2D eigenvalue weighted by molar-refractivity contribution is 5.96. The van der Waals surface area contributed by atoms with E-state index in [0.29, 0.717) is 44.0 Å². The topological polar surface area (TPSA) is 76.9 Å². The Kier molecular flexibility index (Phi) is 8.57. The van der Waals surface area contributed by atoms with Crippen molar-refractivity contribution >= 4 is 11.8 Å². The number of rotatable bonds is 3. The summed E-state index contributed by atoms with van der Waals surface area (Å²) in [5.74, 6) is 0.590. The maximum Gasteiger partial charge on any atom is 0.257 e. The first-order chi connectivity index (χ1) is 16.6. The van der Waals surface area contributed by atoms with Gasteiger partial charge in [0.05, 0.1) is 25.0 Å². The molecule has 2 aliphatic rings. The van der Waals surface area contributed by atoms with Crippen LogP contribution in [0.3, 0.4) is 0 Å². The van der Waals surface area contributed by atoms with Crippen molar-refractivity contribution in [3.8, 4) is 5.75 Å². The summed E-state index contributed by atoms with van der Waals surface area (Å²) in [7, 11) is 1.85. The minimum absolute atomic E-state index is 0.0357. The molecule has 8 heteroatoms. The van der Waals surface area contributed by atoms with Crippen LogP contribution in [0.4, 0.5) is 0 Å². The van der Waals surface area contributed by atoms with Crippen molar-refractivity contribution in [2.45, 2.75) is 63.7 Å². The van der Waals surface area contributed by atoms with E-state index in [0.717, 1.165) is 32.2 Å². The van der Waals surface area contributed by atoms with Gasteiger partial charge in [0.2, 0.25) is 5.91 Å². The number of hydrogen-bond donors (Lipinski definition) is 0. The van der Waals surface area contributed by atoms with Crippen molar-refractivity contribution in [2.75, 3.05) is 33.3 Å². The van der Waals surface area contributed by atoms with Crippen LogP contribution >= 0.6 is 0 Å². The fourth-order valence-electron chi connectivity index (χ4n) is 4.63. The van der Waals surface area contributed by atoms with Gasteiger partial charge in [-0.25, -0.2) is 4.98 Å². The Morgan fingerprint density at radius 3 is 2.65 bits per heavy atom. The smallest absolute Gasteiger partial charge is 0.257 e. The first-order valence-corrected chi connectivity index (χ1v) is 12.5. The normalized spacial score (nSPS) is 22.7. The van der Waals surface area contributed by atoms with Gasteiger partial charge in [-0.3, -0.25) is 9.59 Å². The summed E-state index contributed by atoms with van der Waals surface area (Å²) in [6.07, 6.45) is 11.8. The summed E-state index contributed by atoms with van der Waals surface area (Å²) >= 11 is 0. The third-order valence-electron chi connectivity index (χ3n) is 6.67. The predicted octanol–water partition coefficient (Wildman–Crippen LogP) is 3.37. The number of amides is 2. The highest BCUT2D eigenvalue weighted by atomic mass is 16.5. The Hall–Kier alpha value is -2.87. The molecule has 8 nitrogen and oxygen atoms in total. The van der Waals surface area contributed by atoms with Gasteiger partial charge >= 0.3 is 0 Å². The van der Waals surface area contributed by atoms with Crippen molar-refractivity contribution in [2.24, 2.45) is 0 Å². The largest absolute Gasteiger partial charge is 0.485 e. The molecule has 4 rings (SSSR count). The summed E-state index contributed by atoms with van der Waals surface area (Å²) in [6.45, 7) is 2.94. The van der Waals surface area contributed by atoms with Crippen LogP contribution in [0.2, 0.25) is 0 Å². The van der Waals surface area contributed by atoms with Crippen molar-refractivity contribution in [1.82, 2.24) is 19.4 Å². The van der Waals surface area contributed by atoms with Crippen LogP contribution in [0, 0.1) is 0 Å².